The van der Waals surface area contributed by atoms with Crippen LogP contribution in [-0.2, 0) is 6.54 Å². The van der Waals surface area contributed by atoms with Gasteiger partial charge in [-0.3, -0.25) is 9.78 Å². The summed E-state index contributed by atoms with van der Waals surface area (Å²) in [6.07, 6.45) is 4.85. The Morgan fingerprint density at radius 1 is 0.957 bits per heavy atom. The van der Waals surface area contributed by atoms with Crippen LogP contribution >= 0.6 is 0 Å². The lowest BCUT2D eigenvalue weighted by molar-refractivity contribution is 0.0782. The Morgan fingerprint density at radius 2 is 1.74 bits per heavy atom. The fourth-order valence-corrected chi connectivity index (χ4v) is 6.57. The highest BCUT2D eigenvalue weighted by atomic mass is 16.7. The maximum atomic E-state index is 13.2. The zero-order valence-corrected chi connectivity index (χ0v) is 26.2. The number of fused-ring (bicyclic) bond motifs is 2. The minimum absolute atomic E-state index is 0.0345. The van der Waals surface area contributed by atoms with E-state index >= 15 is 0 Å². The highest BCUT2D eigenvalue weighted by molar-refractivity contribution is 5.94. The van der Waals surface area contributed by atoms with Gasteiger partial charge in [0.15, 0.2) is 11.5 Å². The Labute approximate surface area is 269 Å². The molecule has 0 aliphatic carbocycles. The molecule has 9 heteroatoms. The number of anilines is 1. The number of amides is 1. The summed E-state index contributed by atoms with van der Waals surface area (Å²) < 4.78 is 13.5. The quantitative estimate of drug-likeness (QED) is 0.194. The highest BCUT2D eigenvalue weighted by Gasteiger charge is 2.25. The van der Waals surface area contributed by atoms with E-state index in [9.17, 15) is 4.79 Å². The molecule has 5 aromatic rings. The van der Waals surface area contributed by atoms with Crippen molar-refractivity contribution >= 4 is 22.9 Å². The molecule has 9 nitrogen and oxygen atoms in total. The second-order valence-corrected chi connectivity index (χ2v) is 12.2. The molecule has 1 unspecified atom stereocenters. The number of piperidine rings is 1. The molecule has 1 saturated heterocycles. The van der Waals surface area contributed by atoms with E-state index in [-0.39, 0.29) is 18.6 Å². The van der Waals surface area contributed by atoms with Crippen molar-refractivity contribution in [3.8, 4) is 11.5 Å². The number of nitrogens with zero attached hydrogens (tertiary/aromatic N) is 5. The van der Waals surface area contributed by atoms with E-state index in [4.69, 9.17) is 14.5 Å². The third kappa shape index (κ3) is 6.70. The number of rotatable bonds is 11. The van der Waals surface area contributed by atoms with Crippen molar-refractivity contribution in [1.82, 2.24) is 24.3 Å². The summed E-state index contributed by atoms with van der Waals surface area (Å²) in [7, 11) is 1.90. The molecule has 2 aliphatic rings. The summed E-state index contributed by atoms with van der Waals surface area (Å²) in [6.45, 7) is 4.51. The number of para-hydroxylation sites is 2. The van der Waals surface area contributed by atoms with Crippen LogP contribution < -0.4 is 14.8 Å². The van der Waals surface area contributed by atoms with E-state index in [1.165, 1.54) is 5.56 Å². The van der Waals surface area contributed by atoms with Gasteiger partial charge in [-0.1, -0.05) is 42.5 Å². The van der Waals surface area contributed by atoms with Crippen molar-refractivity contribution in [2.24, 2.45) is 0 Å². The number of likely N-dealkylation sites (tertiary alicyclic amines) is 1. The molecule has 1 amide bonds. The van der Waals surface area contributed by atoms with Crippen LogP contribution in [0.25, 0.3) is 11.0 Å². The first-order chi connectivity index (χ1) is 22.6. The lowest BCUT2D eigenvalue weighted by atomic mass is 9.93. The number of aromatic nitrogens is 3. The third-order valence-corrected chi connectivity index (χ3v) is 9.15. The number of likely N-dealkylation sites (N-methyl/N-ethyl adjacent to an activating group) is 1. The summed E-state index contributed by atoms with van der Waals surface area (Å²) in [5.41, 5.74) is 4.98. The van der Waals surface area contributed by atoms with E-state index in [2.05, 4.69) is 56.2 Å². The van der Waals surface area contributed by atoms with Gasteiger partial charge < -0.3 is 29.2 Å². The Kier molecular flexibility index (Phi) is 8.83. The minimum Gasteiger partial charge on any atom is -0.454 e. The van der Waals surface area contributed by atoms with Gasteiger partial charge >= 0.3 is 0 Å². The monoisotopic (exact) mass is 616 g/mol. The summed E-state index contributed by atoms with van der Waals surface area (Å²) in [5.74, 6) is 2.65. The zero-order valence-electron chi connectivity index (χ0n) is 26.2. The average molecular weight is 617 g/mol. The topological polar surface area (TPSA) is 84.8 Å². The molecule has 0 bridgehead atoms. The van der Waals surface area contributed by atoms with Gasteiger partial charge in [-0.2, -0.15) is 0 Å². The zero-order chi connectivity index (χ0) is 31.3. The molecule has 1 N–H and O–H groups in total. The number of benzene rings is 3. The molecule has 4 heterocycles. The molecule has 3 aromatic carbocycles. The van der Waals surface area contributed by atoms with Crippen molar-refractivity contribution in [1.29, 1.82) is 0 Å². The molecular weight excluding hydrogens is 576 g/mol. The number of carbonyl (C=O) groups excluding carboxylic acids is 1. The van der Waals surface area contributed by atoms with Crippen LogP contribution in [0.5, 0.6) is 11.5 Å². The van der Waals surface area contributed by atoms with Crippen molar-refractivity contribution in [3.05, 3.63) is 114 Å². The summed E-state index contributed by atoms with van der Waals surface area (Å²) in [5, 5.41) is 3.78. The van der Waals surface area contributed by atoms with Gasteiger partial charge in [0.1, 0.15) is 0 Å². The van der Waals surface area contributed by atoms with Crippen LogP contribution in [0.3, 0.4) is 0 Å². The summed E-state index contributed by atoms with van der Waals surface area (Å²) in [6, 6.07) is 30.4. The first-order valence-electron chi connectivity index (χ1n) is 16.1. The second-order valence-electron chi connectivity index (χ2n) is 12.2. The maximum Gasteiger partial charge on any atom is 0.253 e. The van der Waals surface area contributed by atoms with Crippen molar-refractivity contribution in [2.45, 2.75) is 37.8 Å². The fourth-order valence-electron chi connectivity index (χ4n) is 6.57. The van der Waals surface area contributed by atoms with Crippen molar-refractivity contribution in [2.75, 3.05) is 45.3 Å². The number of carbonyl (C=O) groups is 1. The van der Waals surface area contributed by atoms with E-state index in [0.717, 1.165) is 73.1 Å². The molecule has 7 rings (SSSR count). The molecule has 236 valence electrons. The van der Waals surface area contributed by atoms with E-state index in [1.807, 2.05) is 72.7 Å². The van der Waals surface area contributed by atoms with Crippen molar-refractivity contribution < 1.29 is 14.3 Å². The lowest BCUT2D eigenvalue weighted by Crippen LogP contribution is -2.40. The second kappa shape index (κ2) is 13.6. The Hall–Kier alpha value is -4.89. The molecule has 0 radical (unpaired) electrons. The third-order valence-electron chi connectivity index (χ3n) is 9.15. The van der Waals surface area contributed by atoms with Crippen molar-refractivity contribution in [3.63, 3.8) is 0 Å². The first-order valence-corrected chi connectivity index (χ1v) is 16.1. The van der Waals surface area contributed by atoms with Crippen LogP contribution in [0.2, 0.25) is 0 Å². The SMILES string of the molecule is CN(CC(CCN1CCC(Nc2nc3ccccc3n2Cc2ccccn2)CC1)c1ccc2c(c1)OCO2)C(=O)c1ccccc1. The average Bonchev–Trinajstić information content (AvgIpc) is 3.71. The standard InChI is InChI=1S/C37H40N6O3/c1-41(36(44)27-9-3-2-4-10-27)24-29(28-14-15-34-35(23-28)46-26-45-34)16-20-42-21-17-30(18-22-42)39-37-40-32-12-5-6-13-33(32)43(37)25-31-11-7-8-19-38-31/h2-15,19,23,29-30H,16-18,20-22,24-26H2,1H3,(H,39,40). The smallest absolute Gasteiger partial charge is 0.253 e. The molecule has 0 saturated carbocycles. The highest BCUT2D eigenvalue weighted by Crippen LogP contribution is 2.36. The Morgan fingerprint density at radius 3 is 2.57 bits per heavy atom. The molecule has 1 fully saturated rings. The van der Waals surface area contributed by atoms with Crippen LogP contribution in [0.1, 0.15) is 46.8 Å². The minimum atomic E-state index is 0.0345. The number of pyridine rings is 1. The summed E-state index contributed by atoms with van der Waals surface area (Å²) >= 11 is 0. The largest absolute Gasteiger partial charge is 0.454 e. The van der Waals surface area contributed by atoms with Crippen LogP contribution in [0.15, 0.2) is 97.2 Å². The van der Waals surface area contributed by atoms with Gasteiger partial charge in [0, 0.05) is 50.4 Å². The van der Waals surface area contributed by atoms with Gasteiger partial charge in [-0.15, -0.1) is 0 Å². The van der Waals surface area contributed by atoms with E-state index < -0.39 is 0 Å². The van der Waals surface area contributed by atoms with Crippen LogP contribution in [-0.4, -0.2) is 76.3 Å². The Bertz CT molecular complexity index is 1770. The van der Waals surface area contributed by atoms with Crippen LogP contribution in [0.4, 0.5) is 5.95 Å². The van der Waals surface area contributed by atoms with Gasteiger partial charge in [0.05, 0.1) is 23.3 Å². The number of ether oxygens (including phenoxy) is 2. The van der Waals surface area contributed by atoms with E-state index in [1.54, 1.807) is 0 Å². The van der Waals surface area contributed by atoms with Gasteiger partial charge in [0.25, 0.3) is 5.91 Å². The maximum absolute atomic E-state index is 13.2. The normalized spacial score (nSPS) is 15.6. The van der Waals surface area contributed by atoms with Gasteiger partial charge in [-0.05, 0) is 79.9 Å². The predicted molar refractivity (Wildman–Crippen MR) is 179 cm³/mol. The number of nitrogens with one attached hydrogen (secondary N) is 1. The number of hydrogen-bond acceptors (Lipinski definition) is 7. The van der Waals surface area contributed by atoms with Gasteiger partial charge in [0.2, 0.25) is 12.7 Å². The molecule has 2 aromatic heterocycles. The molecular formula is C37H40N6O3. The molecule has 46 heavy (non-hydrogen) atoms. The number of imidazole rings is 1. The van der Waals surface area contributed by atoms with Crippen LogP contribution in [0, 0.1) is 0 Å². The Balaban J connectivity index is 0.996. The molecule has 0 spiro atoms. The lowest BCUT2D eigenvalue weighted by Gasteiger charge is -2.34. The predicted octanol–water partition coefficient (Wildman–Crippen LogP) is 6.03. The summed E-state index contributed by atoms with van der Waals surface area (Å²) in [4.78, 5) is 27.1. The fraction of sp³-hybridized carbons (Fsp3) is 0.324. The van der Waals surface area contributed by atoms with Gasteiger partial charge in [-0.25, -0.2) is 4.98 Å². The molecule has 1 atom stereocenters. The molecule has 2 aliphatic heterocycles. The van der Waals surface area contributed by atoms with E-state index in [0.29, 0.717) is 24.7 Å². The number of hydrogen-bond donors (Lipinski definition) is 1. The first kappa shape index (κ1) is 29.8.